The number of carbonyl (C=O) groups excluding carboxylic acids is 3. The van der Waals surface area contributed by atoms with Crippen LogP contribution in [0.1, 0.15) is 27.1 Å². The summed E-state index contributed by atoms with van der Waals surface area (Å²) in [5.41, 5.74) is 1.13. The van der Waals surface area contributed by atoms with Crippen molar-refractivity contribution in [3.8, 4) is 16.9 Å². The summed E-state index contributed by atoms with van der Waals surface area (Å²) in [5.74, 6) is -1.38. The van der Waals surface area contributed by atoms with Gasteiger partial charge in [0, 0.05) is 11.6 Å². The van der Waals surface area contributed by atoms with E-state index in [4.69, 9.17) is 4.74 Å². The lowest BCUT2D eigenvalue weighted by atomic mass is 9.79. The molecule has 2 aromatic carbocycles. The molecule has 1 saturated carbocycles. The number of ether oxygens (including phenoxy) is 2. The minimum atomic E-state index is -0.574. The molecule has 31 heavy (non-hydrogen) atoms. The molecule has 6 nitrogen and oxygen atoms in total. The molecular formula is C24H20FNO5. The second-order valence-electron chi connectivity index (χ2n) is 8.08. The molecule has 5 rings (SSSR count). The minimum Gasteiger partial charge on any atom is -0.496 e. The Labute approximate surface area is 178 Å². The average molecular weight is 421 g/mol. The molecule has 0 spiro atoms. The monoisotopic (exact) mass is 421 g/mol. The Balaban J connectivity index is 1.51. The Morgan fingerprint density at radius 1 is 1.06 bits per heavy atom. The zero-order valence-corrected chi connectivity index (χ0v) is 17.0. The van der Waals surface area contributed by atoms with E-state index in [-0.39, 0.29) is 46.6 Å². The number of hydrogen-bond acceptors (Lipinski definition) is 5. The number of carbonyl (C=O) groups is 3. The van der Waals surface area contributed by atoms with Gasteiger partial charge in [0.2, 0.25) is 5.91 Å². The third kappa shape index (κ3) is 2.80. The maximum absolute atomic E-state index is 14.8. The van der Waals surface area contributed by atoms with Crippen LogP contribution in [0.4, 0.5) is 4.39 Å². The number of β-lactam (4-membered cyclic amide) rings is 1. The molecule has 1 saturated heterocycles. The highest BCUT2D eigenvalue weighted by Gasteiger charge is 2.62. The number of likely N-dealkylation sites (tertiary alicyclic amines) is 1. The first-order valence-electron chi connectivity index (χ1n) is 10.1. The summed E-state index contributed by atoms with van der Waals surface area (Å²) in [5, 5.41) is 0. The fourth-order valence-corrected chi connectivity index (χ4v) is 5.08. The lowest BCUT2D eigenvalue weighted by Crippen LogP contribution is -2.64. The van der Waals surface area contributed by atoms with Crippen LogP contribution in [0.2, 0.25) is 0 Å². The van der Waals surface area contributed by atoms with Crippen LogP contribution in [0, 0.1) is 23.6 Å². The van der Waals surface area contributed by atoms with E-state index in [1.54, 1.807) is 12.1 Å². The molecule has 158 valence electrons. The molecule has 0 unspecified atom stereocenters. The van der Waals surface area contributed by atoms with Crippen molar-refractivity contribution in [1.82, 2.24) is 4.90 Å². The number of allylic oxidation sites excluding steroid dienone is 1. The van der Waals surface area contributed by atoms with E-state index in [0.29, 0.717) is 11.1 Å². The number of hydrogen-bond donors (Lipinski definition) is 0. The Hall–Kier alpha value is -3.48. The molecular weight excluding hydrogens is 401 g/mol. The zero-order chi connectivity index (χ0) is 21.9. The molecule has 2 amide bonds. The second-order valence-corrected chi connectivity index (χ2v) is 8.08. The van der Waals surface area contributed by atoms with Crippen LogP contribution in [0.3, 0.4) is 0 Å². The summed E-state index contributed by atoms with van der Waals surface area (Å²) >= 11 is 0. The van der Waals surface area contributed by atoms with Crippen LogP contribution in [0.15, 0.2) is 48.6 Å². The predicted octanol–water partition coefficient (Wildman–Crippen LogP) is 3.46. The highest BCUT2D eigenvalue weighted by atomic mass is 19.1. The quantitative estimate of drug-likeness (QED) is 0.327. The number of benzene rings is 2. The van der Waals surface area contributed by atoms with Crippen molar-refractivity contribution in [2.75, 3.05) is 14.2 Å². The van der Waals surface area contributed by atoms with E-state index in [9.17, 15) is 18.8 Å². The summed E-state index contributed by atoms with van der Waals surface area (Å²) in [4.78, 5) is 39.0. The van der Waals surface area contributed by atoms with Crippen molar-refractivity contribution < 1.29 is 28.2 Å². The maximum Gasteiger partial charge on any atom is 0.337 e. The second kappa shape index (κ2) is 7.04. The van der Waals surface area contributed by atoms with Crippen LogP contribution >= 0.6 is 0 Å². The lowest BCUT2D eigenvalue weighted by molar-refractivity contribution is -0.151. The van der Waals surface area contributed by atoms with Gasteiger partial charge in [-0.3, -0.25) is 14.5 Å². The van der Waals surface area contributed by atoms with Crippen LogP contribution in [0.25, 0.3) is 11.1 Å². The third-order valence-corrected chi connectivity index (χ3v) is 6.59. The van der Waals surface area contributed by atoms with Gasteiger partial charge in [-0.25, -0.2) is 9.18 Å². The number of imide groups is 1. The molecule has 0 aromatic heterocycles. The molecule has 4 atom stereocenters. The topological polar surface area (TPSA) is 72.9 Å². The van der Waals surface area contributed by atoms with Crippen molar-refractivity contribution >= 4 is 17.8 Å². The highest BCUT2D eigenvalue weighted by Crippen LogP contribution is 2.53. The fraction of sp³-hybridized carbons (Fsp3) is 0.292. The van der Waals surface area contributed by atoms with Crippen LogP contribution in [-0.4, -0.2) is 42.9 Å². The lowest BCUT2D eigenvalue weighted by Gasteiger charge is -2.46. The average Bonchev–Trinajstić information content (AvgIpc) is 3.37. The van der Waals surface area contributed by atoms with Gasteiger partial charge in [0.1, 0.15) is 11.6 Å². The summed E-state index contributed by atoms with van der Waals surface area (Å²) in [6, 6.07) is 8.64. The highest BCUT2D eigenvalue weighted by molar-refractivity contribution is 6.11. The van der Waals surface area contributed by atoms with Crippen molar-refractivity contribution in [2.24, 2.45) is 17.8 Å². The van der Waals surface area contributed by atoms with E-state index >= 15 is 0 Å². The van der Waals surface area contributed by atoms with E-state index in [1.165, 1.54) is 37.3 Å². The molecule has 3 aliphatic rings. The minimum absolute atomic E-state index is 0.0763. The number of methoxy groups -OCH3 is 2. The molecule has 0 radical (unpaired) electrons. The first-order chi connectivity index (χ1) is 14.9. The normalized spacial score (nSPS) is 25.3. The summed E-state index contributed by atoms with van der Waals surface area (Å²) < 4.78 is 24.8. The van der Waals surface area contributed by atoms with Gasteiger partial charge in [-0.05, 0) is 42.0 Å². The Morgan fingerprint density at radius 3 is 2.45 bits per heavy atom. The van der Waals surface area contributed by atoms with Crippen LogP contribution in [0.5, 0.6) is 5.75 Å². The molecule has 0 N–H and O–H groups in total. The van der Waals surface area contributed by atoms with Crippen LogP contribution in [-0.2, 0) is 9.53 Å². The number of nitrogens with zero attached hydrogens (tertiary/aromatic N) is 1. The molecule has 2 bridgehead atoms. The molecule has 7 heteroatoms. The van der Waals surface area contributed by atoms with Crippen molar-refractivity contribution in [3.63, 3.8) is 0 Å². The van der Waals surface area contributed by atoms with Crippen molar-refractivity contribution in [1.29, 1.82) is 0 Å². The first kappa shape index (κ1) is 19.5. The Bertz CT molecular complexity index is 1140. The van der Waals surface area contributed by atoms with E-state index in [2.05, 4.69) is 16.9 Å². The zero-order valence-electron chi connectivity index (χ0n) is 17.0. The SMILES string of the molecule is COC(=O)c1ccc(-c2cc(C(=O)N3C(=O)[C@@H]4[C@H]3[C@H]3C=C[C@@H]4C3)c(OC)cc2F)cc1. The molecule has 1 aliphatic heterocycles. The summed E-state index contributed by atoms with van der Waals surface area (Å²) in [7, 11) is 2.64. The van der Waals surface area contributed by atoms with Crippen LogP contribution < -0.4 is 4.74 Å². The van der Waals surface area contributed by atoms with Crippen molar-refractivity contribution in [3.05, 3.63) is 65.5 Å². The summed E-state index contributed by atoms with van der Waals surface area (Å²) in [6.07, 6.45) is 5.04. The number of rotatable bonds is 4. The van der Waals surface area contributed by atoms with Gasteiger partial charge in [-0.2, -0.15) is 0 Å². The van der Waals surface area contributed by atoms with Gasteiger partial charge in [0.15, 0.2) is 0 Å². The third-order valence-electron chi connectivity index (χ3n) is 6.59. The predicted molar refractivity (Wildman–Crippen MR) is 109 cm³/mol. The van der Waals surface area contributed by atoms with Gasteiger partial charge >= 0.3 is 5.97 Å². The van der Waals surface area contributed by atoms with Gasteiger partial charge in [0.25, 0.3) is 5.91 Å². The van der Waals surface area contributed by atoms with Crippen molar-refractivity contribution in [2.45, 2.75) is 12.5 Å². The van der Waals surface area contributed by atoms with E-state index < -0.39 is 17.7 Å². The molecule has 1 heterocycles. The summed E-state index contributed by atoms with van der Waals surface area (Å²) in [6.45, 7) is 0. The largest absolute Gasteiger partial charge is 0.496 e. The first-order valence-corrected chi connectivity index (χ1v) is 10.1. The molecule has 2 aliphatic carbocycles. The number of halogens is 1. The Morgan fingerprint density at radius 2 is 1.77 bits per heavy atom. The fourth-order valence-electron chi connectivity index (χ4n) is 5.08. The number of esters is 1. The van der Waals surface area contributed by atoms with Gasteiger partial charge in [-0.15, -0.1) is 0 Å². The van der Waals surface area contributed by atoms with Gasteiger partial charge < -0.3 is 9.47 Å². The smallest absolute Gasteiger partial charge is 0.337 e. The van der Waals surface area contributed by atoms with Gasteiger partial charge in [0.05, 0.1) is 37.3 Å². The molecule has 2 fully saturated rings. The number of fused-ring (bicyclic) bond motifs is 5. The standard InChI is InChI=1S/C24H20FNO5/c1-30-19-11-18(25)16(12-3-5-13(6-4-12)24(29)31-2)10-17(19)22(27)26-21-15-8-7-14(9-15)20(21)23(26)28/h3-8,10-11,14-15,20-21H,9H2,1-2H3/t14-,15+,20+,21-/m1/s1. The maximum atomic E-state index is 14.8. The Kier molecular flexibility index (Phi) is 4.43. The molecule has 2 aromatic rings. The van der Waals surface area contributed by atoms with E-state index in [0.717, 1.165) is 12.5 Å². The number of amides is 2. The van der Waals surface area contributed by atoms with E-state index in [1.807, 2.05) is 0 Å². The van der Waals surface area contributed by atoms with Gasteiger partial charge in [-0.1, -0.05) is 24.3 Å².